The lowest BCUT2D eigenvalue weighted by molar-refractivity contribution is -0.144. The lowest BCUT2D eigenvalue weighted by atomic mass is 9.81. The summed E-state index contributed by atoms with van der Waals surface area (Å²) in [6.07, 6.45) is 2.60. The van der Waals surface area contributed by atoms with E-state index in [1.165, 1.54) is 6.92 Å². The molecule has 0 bridgehead atoms. The summed E-state index contributed by atoms with van der Waals surface area (Å²) in [7, 11) is 0. The summed E-state index contributed by atoms with van der Waals surface area (Å²) in [4.78, 5) is 33.3. The van der Waals surface area contributed by atoms with Gasteiger partial charge in [-0.1, -0.05) is 6.42 Å². The first kappa shape index (κ1) is 14.5. The first-order chi connectivity index (χ1) is 8.50. The number of amides is 2. The van der Waals surface area contributed by atoms with Crippen molar-refractivity contribution in [1.82, 2.24) is 10.6 Å². The standard InChI is InChI=1S/C12H20N2O4/c1-8(15)13-5-6-14-11(16)9-3-2-4-10(7-9)12(17)18/h9-10H,2-7H2,1H3,(H,13,15)(H,14,16)(H,17,18). The summed E-state index contributed by atoms with van der Waals surface area (Å²) in [6.45, 7) is 2.20. The van der Waals surface area contributed by atoms with Crippen molar-refractivity contribution in [3.05, 3.63) is 0 Å². The second-order valence-electron chi connectivity index (χ2n) is 4.67. The fraction of sp³-hybridized carbons (Fsp3) is 0.750. The van der Waals surface area contributed by atoms with Crippen LogP contribution in [0.1, 0.15) is 32.6 Å². The van der Waals surface area contributed by atoms with Crippen LogP contribution in [0, 0.1) is 11.8 Å². The van der Waals surface area contributed by atoms with E-state index in [-0.39, 0.29) is 17.7 Å². The van der Waals surface area contributed by atoms with Gasteiger partial charge in [-0.3, -0.25) is 14.4 Å². The van der Waals surface area contributed by atoms with Crippen LogP contribution in [0.25, 0.3) is 0 Å². The molecule has 0 aliphatic heterocycles. The van der Waals surface area contributed by atoms with Gasteiger partial charge in [0.15, 0.2) is 0 Å². The molecule has 6 heteroatoms. The van der Waals surface area contributed by atoms with Gasteiger partial charge in [0.05, 0.1) is 5.92 Å². The van der Waals surface area contributed by atoms with E-state index in [2.05, 4.69) is 10.6 Å². The third kappa shape index (κ3) is 4.73. The molecule has 2 atom stereocenters. The van der Waals surface area contributed by atoms with Gasteiger partial charge in [0, 0.05) is 25.9 Å². The number of hydrogen-bond donors (Lipinski definition) is 3. The Balaban J connectivity index is 2.28. The normalized spacial score (nSPS) is 23.2. The SMILES string of the molecule is CC(=O)NCCNC(=O)C1CCCC(C(=O)O)C1. The number of hydrogen-bond acceptors (Lipinski definition) is 3. The molecular formula is C12H20N2O4. The molecule has 2 amide bonds. The predicted molar refractivity (Wildman–Crippen MR) is 64.8 cm³/mol. The van der Waals surface area contributed by atoms with Gasteiger partial charge in [-0.25, -0.2) is 0 Å². The zero-order valence-corrected chi connectivity index (χ0v) is 10.6. The minimum absolute atomic E-state index is 0.105. The molecule has 0 aromatic heterocycles. The molecule has 1 fully saturated rings. The minimum atomic E-state index is -0.814. The Morgan fingerprint density at radius 3 is 2.33 bits per heavy atom. The largest absolute Gasteiger partial charge is 0.481 e. The van der Waals surface area contributed by atoms with Crippen molar-refractivity contribution in [2.75, 3.05) is 13.1 Å². The average molecular weight is 256 g/mol. The summed E-state index contributed by atoms with van der Waals surface area (Å²) in [5.74, 6) is -1.66. The van der Waals surface area contributed by atoms with E-state index in [4.69, 9.17) is 5.11 Å². The summed E-state index contributed by atoms with van der Waals surface area (Å²) in [5, 5.41) is 14.2. The van der Waals surface area contributed by atoms with Crippen LogP contribution in [0.15, 0.2) is 0 Å². The Kier molecular flexibility index (Phi) is 5.61. The van der Waals surface area contributed by atoms with Crippen LogP contribution in [0.3, 0.4) is 0 Å². The zero-order valence-electron chi connectivity index (χ0n) is 10.6. The van der Waals surface area contributed by atoms with Gasteiger partial charge in [-0.15, -0.1) is 0 Å². The topological polar surface area (TPSA) is 95.5 Å². The molecule has 0 aromatic carbocycles. The number of carbonyl (C=O) groups is 3. The van der Waals surface area contributed by atoms with Crippen LogP contribution in [-0.2, 0) is 14.4 Å². The van der Waals surface area contributed by atoms with E-state index in [9.17, 15) is 14.4 Å². The monoisotopic (exact) mass is 256 g/mol. The van der Waals surface area contributed by atoms with Crippen molar-refractivity contribution < 1.29 is 19.5 Å². The summed E-state index contributed by atoms with van der Waals surface area (Å²) < 4.78 is 0. The van der Waals surface area contributed by atoms with Gasteiger partial charge in [0.1, 0.15) is 0 Å². The van der Waals surface area contributed by atoms with Crippen LogP contribution < -0.4 is 10.6 Å². The number of carbonyl (C=O) groups excluding carboxylic acids is 2. The highest BCUT2D eigenvalue weighted by Crippen LogP contribution is 2.29. The molecule has 0 spiro atoms. The average Bonchev–Trinajstić information content (AvgIpc) is 2.34. The van der Waals surface area contributed by atoms with Gasteiger partial charge in [-0.2, -0.15) is 0 Å². The molecule has 1 rings (SSSR count). The first-order valence-electron chi connectivity index (χ1n) is 6.25. The minimum Gasteiger partial charge on any atom is -0.481 e. The van der Waals surface area contributed by atoms with E-state index in [0.717, 1.165) is 12.8 Å². The number of carboxylic acid groups (broad SMARTS) is 1. The van der Waals surface area contributed by atoms with Gasteiger partial charge < -0.3 is 15.7 Å². The van der Waals surface area contributed by atoms with Crippen molar-refractivity contribution in [2.45, 2.75) is 32.6 Å². The van der Waals surface area contributed by atoms with Crippen molar-refractivity contribution in [3.8, 4) is 0 Å². The van der Waals surface area contributed by atoms with E-state index in [0.29, 0.717) is 25.9 Å². The predicted octanol–water partition coefficient (Wildman–Crippen LogP) is 0.130. The summed E-state index contributed by atoms with van der Waals surface area (Å²) in [5.41, 5.74) is 0. The third-order valence-electron chi connectivity index (χ3n) is 3.19. The Bertz CT molecular complexity index is 330. The number of rotatable bonds is 5. The molecule has 0 heterocycles. The Morgan fingerprint density at radius 1 is 1.11 bits per heavy atom. The molecule has 0 radical (unpaired) electrons. The fourth-order valence-corrected chi connectivity index (χ4v) is 2.22. The maximum Gasteiger partial charge on any atom is 0.306 e. The first-order valence-corrected chi connectivity index (χ1v) is 6.25. The molecule has 1 saturated carbocycles. The number of nitrogens with one attached hydrogen (secondary N) is 2. The van der Waals surface area contributed by atoms with Crippen molar-refractivity contribution in [2.24, 2.45) is 11.8 Å². The van der Waals surface area contributed by atoms with Crippen LogP contribution in [-0.4, -0.2) is 36.0 Å². The molecular weight excluding hydrogens is 236 g/mol. The number of aliphatic carboxylic acids is 1. The zero-order chi connectivity index (χ0) is 13.5. The smallest absolute Gasteiger partial charge is 0.306 e. The van der Waals surface area contributed by atoms with Crippen LogP contribution in [0.4, 0.5) is 0 Å². The third-order valence-corrected chi connectivity index (χ3v) is 3.19. The maximum absolute atomic E-state index is 11.8. The van der Waals surface area contributed by atoms with E-state index in [1.807, 2.05) is 0 Å². The Morgan fingerprint density at radius 2 is 1.72 bits per heavy atom. The molecule has 0 aromatic rings. The highest BCUT2D eigenvalue weighted by atomic mass is 16.4. The Labute approximate surface area is 106 Å². The van der Waals surface area contributed by atoms with Crippen molar-refractivity contribution >= 4 is 17.8 Å². The van der Waals surface area contributed by atoms with Gasteiger partial charge in [0.25, 0.3) is 0 Å². The molecule has 3 N–H and O–H groups in total. The van der Waals surface area contributed by atoms with Crippen LogP contribution in [0.2, 0.25) is 0 Å². The molecule has 6 nitrogen and oxygen atoms in total. The van der Waals surface area contributed by atoms with Crippen molar-refractivity contribution in [1.29, 1.82) is 0 Å². The summed E-state index contributed by atoms with van der Waals surface area (Å²) in [6, 6.07) is 0. The van der Waals surface area contributed by atoms with Gasteiger partial charge in [0.2, 0.25) is 11.8 Å². The van der Waals surface area contributed by atoms with Crippen LogP contribution in [0.5, 0.6) is 0 Å². The molecule has 1 aliphatic rings. The molecule has 2 unspecified atom stereocenters. The van der Waals surface area contributed by atoms with E-state index < -0.39 is 11.9 Å². The lowest BCUT2D eigenvalue weighted by Crippen LogP contribution is -2.39. The highest BCUT2D eigenvalue weighted by Gasteiger charge is 2.30. The van der Waals surface area contributed by atoms with Crippen LogP contribution >= 0.6 is 0 Å². The quantitative estimate of drug-likeness (QED) is 0.609. The maximum atomic E-state index is 11.8. The highest BCUT2D eigenvalue weighted by molar-refractivity contribution is 5.80. The fourth-order valence-electron chi connectivity index (χ4n) is 2.22. The van der Waals surface area contributed by atoms with E-state index >= 15 is 0 Å². The molecule has 102 valence electrons. The summed E-state index contributed by atoms with van der Waals surface area (Å²) >= 11 is 0. The molecule has 0 saturated heterocycles. The van der Waals surface area contributed by atoms with Crippen molar-refractivity contribution in [3.63, 3.8) is 0 Å². The van der Waals surface area contributed by atoms with Gasteiger partial charge >= 0.3 is 5.97 Å². The second-order valence-corrected chi connectivity index (χ2v) is 4.67. The van der Waals surface area contributed by atoms with Gasteiger partial charge in [-0.05, 0) is 19.3 Å². The van der Waals surface area contributed by atoms with E-state index in [1.54, 1.807) is 0 Å². The molecule has 1 aliphatic carbocycles. The second kappa shape index (κ2) is 6.98. The number of carboxylic acids is 1. The molecule has 18 heavy (non-hydrogen) atoms. The Hall–Kier alpha value is -1.59. The lowest BCUT2D eigenvalue weighted by Gasteiger charge is -2.25.